The van der Waals surface area contributed by atoms with E-state index < -0.39 is 30.1 Å². The zero-order chi connectivity index (χ0) is 51.4. The van der Waals surface area contributed by atoms with Gasteiger partial charge in [-0.2, -0.15) is 36.3 Å². The number of aromatic nitrogens is 6. The van der Waals surface area contributed by atoms with E-state index in [-0.39, 0.29) is 60.5 Å². The Morgan fingerprint density at radius 1 is 0.690 bits per heavy atom. The molecule has 15 nitrogen and oxygen atoms in total. The van der Waals surface area contributed by atoms with Crippen LogP contribution in [0.3, 0.4) is 0 Å². The van der Waals surface area contributed by atoms with Crippen LogP contribution in [0, 0.1) is 0 Å². The number of hydrogen-bond acceptors (Lipinski definition) is 15. The van der Waals surface area contributed by atoms with E-state index in [0.717, 1.165) is 89.4 Å². The molecule has 2 saturated heterocycles. The summed E-state index contributed by atoms with van der Waals surface area (Å²) in [7, 11) is 4.24. The van der Waals surface area contributed by atoms with Gasteiger partial charge in [-0.3, -0.25) is 9.59 Å². The fraction of sp³-hybridized carbons (Fsp3) is 0.478. The molecule has 0 unspecified atom stereocenters. The van der Waals surface area contributed by atoms with Gasteiger partial charge in [0.25, 0.3) is 0 Å². The van der Waals surface area contributed by atoms with Crippen LogP contribution in [0.1, 0.15) is 86.2 Å². The molecule has 8 rings (SSSR count). The first-order valence-electron chi connectivity index (χ1n) is 22.5. The lowest BCUT2D eigenvalue weighted by Gasteiger charge is -2.39. The van der Waals surface area contributed by atoms with Crippen LogP contribution in [0.2, 0.25) is 10.0 Å². The molecule has 0 saturated carbocycles. The molecule has 384 valence electrons. The number of aryl methyl sites for hydroxylation is 2. The first-order chi connectivity index (χ1) is 33.7. The summed E-state index contributed by atoms with van der Waals surface area (Å²) in [5.74, 6) is -4.17. The van der Waals surface area contributed by atoms with Gasteiger partial charge in [-0.25, -0.2) is 9.97 Å². The highest BCUT2D eigenvalue weighted by atomic mass is 35.5. The van der Waals surface area contributed by atoms with Crippen molar-refractivity contribution < 1.29 is 50.1 Å². The van der Waals surface area contributed by atoms with Gasteiger partial charge in [0.15, 0.2) is 11.6 Å². The van der Waals surface area contributed by atoms with Crippen molar-refractivity contribution in [1.29, 1.82) is 0 Å². The molecule has 6 aromatic rings. The number of carbonyl (C=O) groups is 2. The van der Waals surface area contributed by atoms with Gasteiger partial charge in [0, 0.05) is 81.5 Å². The second kappa shape index (κ2) is 24.6. The molecule has 2 aliphatic rings. The maximum Gasteiger partial charge on any atom is 0.471 e. The van der Waals surface area contributed by atoms with E-state index in [2.05, 4.69) is 69.3 Å². The van der Waals surface area contributed by atoms with Crippen LogP contribution >= 0.6 is 45.9 Å². The van der Waals surface area contributed by atoms with Gasteiger partial charge >= 0.3 is 30.1 Å². The van der Waals surface area contributed by atoms with Crippen molar-refractivity contribution in [3.63, 3.8) is 0 Å². The minimum Gasteiger partial charge on any atom is -0.481 e. The van der Waals surface area contributed by atoms with Gasteiger partial charge < -0.3 is 35.0 Å². The van der Waals surface area contributed by atoms with Gasteiger partial charge in [-0.1, -0.05) is 57.8 Å². The van der Waals surface area contributed by atoms with E-state index in [9.17, 15) is 35.9 Å². The molecule has 4 aromatic heterocycles. The molecule has 2 aliphatic heterocycles. The average molecular weight is 1070 g/mol. The topological polar surface area (TPSA) is 203 Å². The lowest BCUT2D eigenvalue weighted by molar-refractivity contribution is -0.160. The number of nitrogens with one attached hydrogen (secondary N) is 1. The van der Waals surface area contributed by atoms with Gasteiger partial charge in [-0.05, 0) is 103 Å². The third-order valence-electron chi connectivity index (χ3n) is 12.2. The van der Waals surface area contributed by atoms with Gasteiger partial charge in [0.2, 0.25) is 5.91 Å². The number of carbonyl (C=O) groups excluding carboxylic acids is 1. The summed E-state index contributed by atoms with van der Waals surface area (Å²) in [4.78, 5) is 43.5. The smallest absolute Gasteiger partial charge is 0.471 e. The second-order valence-electron chi connectivity index (χ2n) is 17.4. The zero-order valence-electron chi connectivity index (χ0n) is 38.7. The maximum absolute atomic E-state index is 12.6. The SMILES string of the molecule is CN1CCC(CN)(c2csc(-c3ccc(Cl)cc3)n2)CC1.CN1CCC(CNC(=O)CCCc2noc(C(F)(F)F)n2)(c2csc(-c3ccc(Cl)cc3)n2)CC1.O=C(O)CCCc1noc(C(F)(F)F)n1. The van der Waals surface area contributed by atoms with E-state index in [0.29, 0.717) is 24.5 Å². The molecule has 0 bridgehead atoms. The van der Waals surface area contributed by atoms with E-state index in [1.807, 2.05) is 48.5 Å². The Bertz CT molecular complexity index is 2630. The number of nitrogens with two attached hydrogens (primary N) is 1. The van der Waals surface area contributed by atoms with Gasteiger partial charge in [0.1, 0.15) is 10.0 Å². The molecule has 0 radical (unpaired) electrons. The minimum atomic E-state index is -4.67. The number of likely N-dealkylation sites (tertiary alicyclic amines) is 2. The summed E-state index contributed by atoms with van der Waals surface area (Å²) in [6.07, 6.45) is -4.77. The highest BCUT2D eigenvalue weighted by molar-refractivity contribution is 7.13. The lowest BCUT2D eigenvalue weighted by atomic mass is 9.76. The fourth-order valence-electron chi connectivity index (χ4n) is 7.77. The van der Waals surface area contributed by atoms with Crippen LogP contribution in [-0.2, 0) is 45.6 Å². The van der Waals surface area contributed by atoms with Crippen LogP contribution < -0.4 is 11.1 Å². The number of piperidine rings is 2. The predicted octanol–water partition coefficient (Wildman–Crippen LogP) is 9.85. The summed E-state index contributed by atoms with van der Waals surface area (Å²) >= 11 is 15.2. The first-order valence-corrected chi connectivity index (χ1v) is 25.0. The van der Waals surface area contributed by atoms with Crippen molar-refractivity contribution in [2.75, 3.05) is 53.4 Å². The number of halogens is 8. The number of rotatable bonds is 15. The molecule has 0 aliphatic carbocycles. The van der Waals surface area contributed by atoms with Crippen LogP contribution in [0.4, 0.5) is 26.3 Å². The number of hydrogen-bond donors (Lipinski definition) is 3. The third kappa shape index (κ3) is 15.7. The number of alkyl halides is 6. The van der Waals surface area contributed by atoms with Crippen molar-refractivity contribution in [2.45, 2.75) is 87.4 Å². The molecule has 25 heteroatoms. The maximum atomic E-state index is 12.6. The quantitative estimate of drug-likeness (QED) is 0.0820. The minimum absolute atomic E-state index is 0.0475. The predicted molar refractivity (Wildman–Crippen MR) is 256 cm³/mol. The summed E-state index contributed by atoms with van der Waals surface area (Å²) in [6.45, 7) is 5.08. The van der Waals surface area contributed by atoms with Crippen LogP contribution in [0.5, 0.6) is 0 Å². The van der Waals surface area contributed by atoms with E-state index in [4.69, 9.17) is 44.0 Å². The highest BCUT2D eigenvalue weighted by Gasteiger charge is 2.41. The van der Waals surface area contributed by atoms with Gasteiger partial charge in [-0.15, -0.1) is 22.7 Å². The summed E-state index contributed by atoms with van der Waals surface area (Å²) in [5.41, 5.74) is 10.1. The fourth-order valence-corrected chi connectivity index (χ4v) is 9.92. The van der Waals surface area contributed by atoms with Crippen molar-refractivity contribution >= 4 is 57.8 Å². The zero-order valence-corrected chi connectivity index (χ0v) is 41.8. The molecule has 2 aromatic carbocycles. The lowest BCUT2D eigenvalue weighted by Crippen LogP contribution is -2.48. The third-order valence-corrected chi connectivity index (χ3v) is 14.5. The normalized spacial score (nSPS) is 16.1. The summed E-state index contributed by atoms with van der Waals surface area (Å²) in [6, 6.07) is 15.4. The highest BCUT2D eigenvalue weighted by Crippen LogP contribution is 2.39. The van der Waals surface area contributed by atoms with Crippen molar-refractivity contribution in [1.82, 2.24) is 45.4 Å². The monoisotopic (exact) mass is 1070 g/mol. The standard InChI is InChI=1S/C23H25ClF3N5O2S.C16H20ClN3S.C7H7F3N2O3/c1-32-11-9-22(10-12-32,17-13-35-20(29-17)15-5-7-16(24)8-6-15)14-28-19(33)4-2-3-18-30-21(34-31-18)23(25,26)27;1-20-8-6-16(11-18,7-9-20)14-10-21-15(19-14)12-2-4-13(17)5-3-12;8-7(9,10)6-11-4(12-15-6)2-1-3-5(13)14/h5-8,13H,2-4,9-12,14H2,1H3,(H,28,33);2-5,10H,6-9,11,18H2,1H3;1-3H2,(H,13,14). The number of amides is 1. The number of carboxylic acids is 1. The Labute approximate surface area is 423 Å². The number of thiazole rings is 2. The van der Waals surface area contributed by atoms with Gasteiger partial charge in [0.05, 0.1) is 11.4 Å². The first kappa shape index (κ1) is 55.3. The Balaban J connectivity index is 0.000000194. The van der Waals surface area contributed by atoms with Crippen molar-refractivity contribution in [3.8, 4) is 21.1 Å². The Hall–Kier alpha value is -5.04. The van der Waals surface area contributed by atoms with E-state index in [1.54, 1.807) is 22.7 Å². The van der Waals surface area contributed by atoms with E-state index >= 15 is 0 Å². The molecule has 71 heavy (non-hydrogen) atoms. The number of benzene rings is 2. The number of nitrogens with zero attached hydrogens (tertiary/aromatic N) is 8. The van der Waals surface area contributed by atoms with E-state index in [1.165, 1.54) is 0 Å². The second-order valence-corrected chi connectivity index (χ2v) is 20.0. The molecule has 2 fully saturated rings. The Morgan fingerprint density at radius 3 is 1.49 bits per heavy atom. The molecule has 6 heterocycles. The molecule has 0 spiro atoms. The van der Waals surface area contributed by atoms with Crippen molar-refractivity contribution in [3.05, 3.63) is 104 Å². The molecule has 4 N–H and O–H groups in total. The molecular formula is C46H52Cl2F6N10O5S2. The molecular weight excluding hydrogens is 1020 g/mol. The summed E-state index contributed by atoms with van der Waals surface area (Å²) in [5, 5.41) is 25.3. The van der Waals surface area contributed by atoms with Crippen LogP contribution in [-0.4, -0.2) is 110 Å². The number of carboxylic acid groups (broad SMARTS) is 1. The van der Waals surface area contributed by atoms with Crippen molar-refractivity contribution in [2.24, 2.45) is 5.73 Å². The van der Waals surface area contributed by atoms with Crippen LogP contribution in [0.25, 0.3) is 21.1 Å². The average Bonchev–Trinajstić information content (AvgIpc) is 4.19. The molecule has 0 atom stereocenters. The summed E-state index contributed by atoms with van der Waals surface area (Å²) < 4.78 is 81.8. The molecule has 1 amide bonds. The largest absolute Gasteiger partial charge is 0.481 e. The Morgan fingerprint density at radius 2 is 1.10 bits per heavy atom. The Kier molecular flexibility index (Phi) is 19.1. The van der Waals surface area contributed by atoms with Crippen LogP contribution in [0.15, 0.2) is 68.3 Å². The number of aliphatic carboxylic acids is 1.